The van der Waals surface area contributed by atoms with Crippen LogP contribution in [0, 0.1) is 0 Å². The Morgan fingerprint density at radius 3 is 1.56 bits per heavy atom. The monoisotopic (exact) mass is 686 g/mol. The van der Waals surface area contributed by atoms with Gasteiger partial charge in [-0.15, -0.1) is 0 Å². The van der Waals surface area contributed by atoms with Crippen molar-refractivity contribution in [3.8, 4) is 33.4 Å². The van der Waals surface area contributed by atoms with E-state index in [0.717, 1.165) is 82.1 Å². The van der Waals surface area contributed by atoms with E-state index in [9.17, 15) is 0 Å². The van der Waals surface area contributed by atoms with Gasteiger partial charge in [0, 0.05) is 32.3 Å². The first-order valence-corrected chi connectivity index (χ1v) is 18.5. The lowest BCUT2D eigenvalue weighted by Gasteiger charge is -2.19. The van der Waals surface area contributed by atoms with Gasteiger partial charge >= 0.3 is 0 Å². The molecule has 0 unspecified atom stereocenters. The van der Waals surface area contributed by atoms with Crippen molar-refractivity contribution in [2.45, 2.75) is 0 Å². The Morgan fingerprint density at radius 1 is 0.278 bits per heavy atom. The first-order valence-electron chi connectivity index (χ1n) is 18.5. The van der Waals surface area contributed by atoms with Crippen molar-refractivity contribution in [1.82, 2.24) is 0 Å². The van der Waals surface area contributed by atoms with Gasteiger partial charge in [-0.1, -0.05) is 152 Å². The molecular weight excluding hydrogens is 657 g/mol. The molecule has 2 heteroatoms. The summed E-state index contributed by atoms with van der Waals surface area (Å²) in [4.78, 5) is 0. The van der Waals surface area contributed by atoms with E-state index >= 15 is 0 Å². The normalized spacial score (nSPS) is 12.1. The van der Waals surface area contributed by atoms with Crippen LogP contribution in [-0.4, -0.2) is 0 Å². The summed E-state index contributed by atoms with van der Waals surface area (Å²) in [5.74, 6) is 0. The fraction of sp³-hybridized carbons (Fsp3) is 0. The number of hydrogen-bond acceptors (Lipinski definition) is 2. The van der Waals surface area contributed by atoms with Crippen LogP contribution in [0.15, 0.2) is 191 Å². The molecular formula is C52H30O2. The zero-order valence-electron chi connectivity index (χ0n) is 29.1. The van der Waals surface area contributed by atoms with E-state index in [1.807, 2.05) is 6.07 Å². The third-order valence-corrected chi connectivity index (χ3v) is 11.4. The van der Waals surface area contributed by atoms with Crippen LogP contribution in [0.2, 0.25) is 0 Å². The fourth-order valence-corrected chi connectivity index (χ4v) is 9.11. The van der Waals surface area contributed by atoms with Crippen molar-refractivity contribution in [3.63, 3.8) is 0 Å². The van der Waals surface area contributed by atoms with E-state index in [1.54, 1.807) is 0 Å². The summed E-state index contributed by atoms with van der Waals surface area (Å²) in [5, 5.41) is 13.8. The molecule has 0 spiro atoms. The third kappa shape index (κ3) is 4.11. The van der Waals surface area contributed by atoms with Crippen LogP contribution in [0.5, 0.6) is 0 Å². The Balaban J connectivity index is 1.29. The van der Waals surface area contributed by atoms with Crippen LogP contribution >= 0.6 is 0 Å². The minimum Gasteiger partial charge on any atom is -0.455 e. The Morgan fingerprint density at radius 2 is 0.833 bits per heavy atom. The van der Waals surface area contributed by atoms with Gasteiger partial charge in [0.25, 0.3) is 0 Å². The van der Waals surface area contributed by atoms with Crippen molar-refractivity contribution in [3.05, 3.63) is 182 Å². The van der Waals surface area contributed by atoms with Gasteiger partial charge in [0.05, 0.1) is 0 Å². The highest BCUT2D eigenvalue weighted by Crippen LogP contribution is 2.50. The van der Waals surface area contributed by atoms with Crippen LogP contribution in [0.4, 0.5) is 0 Å². The molecule has 10 aromatic carbocycles. The average Bonchev–Trinajstić information content (AvgIpc) is 3.82. The van der Waals surface area contributed by atoms with Gasteiger partial charge < -0.3 is 8.83 Å². The maximum atomic E-state index is 7.05. The van der Waals surface area contributed by atoms with Crippen molar-refractivity contribution in [1.29, 1.82) is 0 Å². The lowest BCUT2D eigenvalue weighted by Crippen LogP contribution is -1.92. The first-order chi connectivity index (χ1) is 26.8. The van der Waals surface area contributed by atoms with Crippen LogP contribution in [-0.2, 0) is 0 Å². The Hall–Kier alpha value is -7.16. The molecule has 0 bridgehead atoms. The zero-order chi connectivity index (χ0) is 35.3. The predicted molar refractivity (Wildman–Crippen MR) is 227 cm³/mol. The fourth-order valence-electron chi connectivity index (χ4n) is 9.11. The highest BCUT2D eigenvalue weighted by atomic mass is 16.3. The van der Waals surface area contributed by atoms with E-state index in [4.69, 9.17) is 8.83 Å². The predicted octanol–water partition coefficient (Wildman–Crippen LogP) is 15.1. The SMILES string of the molecule is c1ccc(-c2c3ccccc3c(-c3cc(-c4cc5ccccc5c5oc6ccccc6c45)cc4oc5c6ccccc6ccc5c34)c3ccccc23)cc1. The van der Waals surface area contributed by atoms with Gasteiger partial charge in [-0.05, 0) is 96.0 Å². The van der Waals surface area contributed by atoms with Crippen molar-refractivity contribution < 1.29 is 8.83 Å². The number of fused-ring (bicyclic) bond motifs is 12. The topological polar surface area (TPSA) is 26.3 Å². The molecule has 0 aliphatic heterocycles. The van der Waals surface area contributed by atoms with Crippen LogP contribution in [0.25, 0.3) is 120 Å². The molecule has 0 amide bonds. The van der Waals surface area contributed by atoms with Crippen molar-refractivity contribution in [2.75, 3.05) is 0 Å². The van der Waals surface area contributed by atoms with E-state index < -0.39 is 0 Å². The number of hydrogen-bond donors (Lipinski definition) is 0. The number of benzene rings is 10. The van der Waals surface area contributed by atoms with Gasteiger partial charge in [0.2, 0.25) is 0 Å². The maximum Gasteiger partial charge on any atom is 0.143 e. The average molecular weight is 687 g/mol. The third-order valence-electron chi connectivity index (χ3n) is 11.4. The quantitative estimate of drug-likeness (QED) is 0.173. The molecule has 54 heavy (non-hydrogen) atoms. The second-order valence-corrected chi connectivity index (χ2v) is 14.3. The van der Waals surface area contributed by atoms with E-state index in [-0.39, 0.29) is 0 Å². The summed E-state index contributed by atoms with van der Waals surface area (Å²) in [5.41, 5.74) is 10.6. The summed E-state index contributed by atoms with van der Waals surface area (Å²) in [6.45, 7) is 0. The minimum atomic E-state index is 0.864. The lowest BCUT2D eigenvalue weighted by atomic mass is 9.83. The van der Waals surface area contributed by atoms with Gasteiger partial charge in [-0.3, -0.25) is 0 Å². The summed E-state index contributed by atoms with van der Waals surface area (Å²) in [6, 6.07) is 65.5. The molecule has 0 saturated heterocycles. The molecule has 0 aliphatic rings. The minimum absolute atomic E-state index is 0.864. The van der Waals surface area contributed by atoms with Crippen LogP contribution < -0.4 is 0 Å². The molecule has 0 radical (unpaired) electrons. The summed E-state index contributed by atoms with van der Waals surface area (Å²) < 4.78 is 13.7. The van der Waals surface area contributed by atoms with E-state index in [1.165, 1.54) is 38.2 Å². The largest absolute Gasteiger partial charge is 0.455 e. The summed E-state index contributed by atoms with van der Waals surface area (Å²) in [7, 11) is 0. The highest BCUT2D eigenvalue weighted by molar-refractivity contribution is 6.28. The zero-order valence-corrected chi connectivity index (χ0v) is 29.1. The summed E-state index contributed by atoms with van der Waals surface area (Å²) >= 11 is 0. The molecule has 0 fully saturated rings. The molecule has 0 N–H and O–H groups in total. The van der Waals surface area contributed by atoms with Gasteiger partial charge in [-0.25, -0.2) is 0 Å². The van der Waals surface area contributed by atoms with E-state index in [0.29, 0.717) is 0 Å². The van der Waals surface area contributed by atoms with Gasteiger partial charge in [-0.2, -0.15) is 0 Å². The molecule has 0 aliphatic carbocycles. The summed E-state index contributed by atoms with van der Waals surface area (Å²) in [6.07, 6.45) is 0. The Labute approximate surface area is 310 Å². The number of furan rings is 2. The maximum absolute atomic E-state index is 7.05. The second kappa shape index (κ2) is 11.2. The molecule has 0 atom stereocenters. The van der Waals surface area contributed by atoms with Crippen LogP contribution in [0.1, 0.15) is 0 Å². The second-order valence-electron chi connectivity index (χ2n) is 14.3. The van der Waals surface area contributed by atoms with Crippen LogP contribution in [0.3, 0.4) is 0 Å². The van der Waals surface area contributed by atoms with Gasteiger partial charge in [0.1, 0.15) is 22.3 Å². The Bertz CT molecular complexity index is 3430. The smallest absolute Gasteiger partial charge is 0.143 e. The first kappa shape index (κ1) is 29.4. The number of rotatable bonds is 3. The molecule has 0 saturated carbocycles. The highest BCUT2D eigenvalue weighted by Gasteiger charge is 2.24. The van der Waals surface area contributed by atoms with Gasteiger partial charge in [0.15, 0.2) is 0 Å². The lowest BCUT2D eigenvalue weighted by molar-refractivity contribution is 0.672. The Kier molecular flexibility index (Phi) is 6.09. The molecule has 2 nitrogen and oxygen atoms in total. The van der Waals surface area contributed by atoms with Crippen molar-refractivity contribution >= 4 is 87.0 Å². The number of para-hydroxylation sites is 1. The molecule has 2 aromatic heterocycles. The molecule has 12 rings (SSSR count). The molecule has 2 heterocycles. The van der Waals surface area contributed by atoms with Crippen molar-refractivity contribution in [2.24, 2.45) is 0 Å². The van der Waals surface area contributed by atoms with E-state index in [2.05, 4.69) is 176 Å². The standard InChI is InChI=1S/C52H30O2/c1-2-15-32(16-3-1)47-37-20-8-10-22-39(37)48(40-23-11-9-21-38(40)47)44-29-34(30-46-49(44)42-27-26-31-14-4-6-18-35(31)51(42)54-46)43-28-33-17-5-7-19-36(33)52-50(43)41-24-12-13-25-45(41)53-52/h1-30H. The molecule has 250 valence electrons. The molecule has 12 aromatic rings.